The minimum Gasteiger partial charge on any atom is -0.354 e. The second kappa shape index (κ2) is 8.62. The molecule has 3 heterocycles. The Morgan fingerprint density at radius 2 is 1.90 bits per heavy atom. The van der Waals surface area contributed by atoms with E-state index in [4.69, 9.17) is 11.6 Å². The van der Waals surface area contributed by atoms with Gasteiger partial charge in [-0.3, -0.25) is 14.0 Å². The highest BCUT2D eigenvalue weighted by atomic mass is 35.5. The van der Waals surface area contributed by atoms with Crippen LogP contribution in [0.2, 0.25) is 5.02 Å². The summed E-state index contributed by atoms with van der Waals surface area (Å²) < 4.78 is 4.28. The zero-order chi connectivity index (χ0) is 21.3. The average molecular weight is 443 g/mol. The molecule has 4 rings (SSSR count). The summed E-state index contributed by atoms with van der Waals surface area (Å²) in [7, 11) is 0. The number of carbonyl (C=O) groups excluding carboxylic acids is 1. The lowest BCUT2D eigenvalue weighted by Gasteiger charge is -2.10. The van der Waals surface area contributed by atoms with E-state index in [0.29, 0.717) is 29.9 Å². The van der Waals surface area contributed by atoms with Crippen molar-refractivity contribution in [2.75, 3.05) is 6.54 Å². The van der Waals surface area contributed by atoms with Crippen LogP contribution in [0, 0.1) is 0 Å². The van der Waals surface area contributed by atoms with E-state index in [2.05, 4.69) is 23.4 Å². The van der Waals surface area contributed by atoms with Gasteiger partial charge in [-0.25, -0.2) is 4.68 Å². The van der Waals surface area contributed by atoms with Crippen LogP contribution >= 0.6 is 22.9 Å². The summed E-state index contributed by atoms with van der Waals surface area (Å²) in [6.45, 7) is 4.51. The van der Waals surface area contributed by atoms with Crippen molar-refractivity contribution in [3.63, 3.8) is 0 Å². The van der Waals surface area contributed by atoms with E-state index in [1.807, 2.05) is 41.7 Å². The Hall–Kier alpha value is -2.64. The first-order chi connectivity index (χ1) is 14.5. The topological polar surface area (TPSA) is 68.4 Å². The Labute approximate surface area is 183 Å². The zero-order valence-electron chi connectivity index (χ0n) is 16.9. The van der Waals surface area contributed by atoms with Crippen LogP contribution in [-0.2, 0) is 30.6 Å². The first-order valence-corrected chi connectivity index (χ1v) is 11.2. The Bertz CT molecular complexity index is 1270. The number of hydrogen-bond donors (Lipinski definition) is 1. The molecule has 0 atom stereocenters. The summed E-state index contributed by atoms with van der Waals surface area (Å²) in [5.41, 5.74) is 2.43. The first-order valence-electron chi connectivity index (χ1n) is 10.0. The molecule has 3 aromatic heterocycles. The van der Waals surface area contributed by atoms with Crippen molar-refractivity contribution in [3.05, 3.63) is 68.0 Å². The molecule has 0 aliphatic carbocycles. The molecule has 0 saturated carbocycles. The van der Waals surface area contributed by atoms with E-state index in [1.165, 1.54) is 9.56 Å². The lowest BCUT2D eigenvalue weighted by atomic mass is 10.1. The molecule has 30 heavy (non-hydrogen) atoms. The van der Waals surface area contributed by atoms with Crippen molar-refractivity contribution >= 4 is 44.6 Å². The van der Waals surface area contributed by atoms with E-state index in [1.54, 1.807) is 11.3 Å². The van der Waals surface area contributed by atoms with Gasteiger partial charge in [-0.05, 0) is 42.7 Å². The molecule has 0 aliphatic rings. The van der Waals surface area contributed by atoms with Gasteiger partial charge in [0.2, 0.25) is 5.91 Å². The number of thiophene rings is 1. The molecule has 8 heteroatoms. The number of benzene rings is 1. The third-order valence-corrected chi connectivity index (χ3v) is 6.56. The normalized spacial score (nSPS) is 11.4. The van der Waals surface area contributed by atoms with Crippen molar-refractivity contribution in [2.24, 2.45) is 0 Å². The first kappa shape index (κ1) is 20.6. The second-order valence-corrected chi connectivity index (χ2v) is 8.74. The number of carbonyl (C=O) groups is 1. The lowest BCUT2D eigenvalue weighted by Crippen LogP contribution is -2.36. The molecular formula is C22H23ClN4O2S. The van der Waals surface area contributed by atoms with Gasteiger partial charge in [-0.2, -0.15) is 5.10 Å². The number of rotatable bonds is 7. The number of halogens is 1. The van der Waals surface area contributed by atoms with Gasteiger partial charge in [0, 0.05) is 22.9 Å². The molecule has 0 aliphatic heterocycles. The van der Waals surface area contributed by atoms with E-state index in [9.17, 15) is 9.59 Å². The van der Waals surface area contributed by atoms with Gasteiger partial charge in [0.05, 0.1) is 10.2 Å². The van der Waals surface area contributed by atoms with Crippen molar-refractivity contribution in [1.29, 1.82) is 0 Å². The summed E-state index contributed by atoms with van der Waals surface area (Å²) in [4.78, 5) is 26.7. The van der Waals surface area contributed by atoms with Gasteiger partial charge in [0.1, 0.15) is 17.9 Å². The van der Waals surface area contributed by atoms with Crippen LogP contribution < -0.4 is 10.9 Å². The van der Waals surface area contributed by atoms with Gasteiger partial charge in [0.15, 0.2) is 0 Å². The molecule has 1 amide bonds. The molecule has 0 radical (unpaired) electrons. The number of aryl methyl sites for hydroxylation is 2. The van der Waals surface area contributed by atoms with Crippen molar-refractivity contribution in [2.45, 2.75) is 39.7 Å². The molecule has 0 saturated heterocycles. The van der Waals surface area contributed by atoms with Crippen molar-refractivity contribution < 1.29 is 4.79 Å². The fraction of sp³-hybridized carbons (Fsp3) is 0.318. The molecule has 0 bridgehead atoms. The Morgan fingerprint density at radius 1 is 1.13 bits per heavy atom. The number of hydrogen-bond acceptors (Lipinski definition) is 4. The van der Waals surface area contributed by atoms with Gasteiger partial charge >= 0.3 is 0 Å². The third kappa shape index (κ3) is 4.00. The summed E-state index contributed by atoms with van der Waals surface area (Å²) in [5, 5.41) is 8.04. The van der Waals surface area contributed by atoms with E-state index in [-0.39, 0.29) is 18.0 Å². The highest BCUT2D eigenvalue weighted by molar-refractivity contribution is 7.19. The largest absolute Gasteiger partial charge is 0.354 e. The average Bonchev–Trinajstić information content (AvgIpc) is 3.30. The fourth-order valence-electron chi connectivity index (χ4n) is 3.54. The van der Waals surface area contributed by atoms with Gasteiger partial charge in [-0.1, -0.05) is 37.6 Å². The highest BCUT2D eigenvalue weighted by Gasteiger charge is 2.16. The monoisotopic (exact) mass is 442 g/mol. The minimum atomic E-state index is -0.249. The predicted molar refractivity (Wildman–Crippen MR) is 122 cm³/mol. The van der Waals surface area contributed by atoms with Crippen molar-refractivity contribution in [3.8, 4) is 0 Å². The maximum Gasteiger partial charge on any atom is 0.291 e. The summed E-state index contributed by atoms with van der Waals surface area (Å²) >= 11 is 7.59. The molecule has 6 nitrogen and oxygen atoms in total. The molecule has 0 unspecified atom stereocenters. The van der Waals surface area contributed by atoms with Crippen LogP contribution in [0.4, 0.5) is 0 Å². The second-order valence-electron chi connectivity index (χ2n) is 7.14. The van der Waals surface area contributed by atoms with Gasteiger partial charge in [-0.15, -0.1) is 11.3 Å². The van der Waals surface area contributed by atoms with E-state index in [0.717, 1.165) is 28.0 Å². The number of nitrogens with one attached hydrogen (secondary N) is 1. The van der Waals surface area contributed by atoms with Crippen LogP contribution in [0.25, 0.3) is 15.7 Å². The SMILES string of the molecule is CCc1cc2c(cc3c(=O)n(CC(=O)NCCc4ccc(Cl)cc4)nc(CC)n32)s1. The Morgan fingerprint density at radius 3 is 2.60 bits per heavy atom. The maximum atomic E-state index is 13.0. The van der Waals surface area contributed by atoms with Gasteiger partial charge < -0.3 is 5.32 Å². The summed E-state index contributed by atoms with van der Waals surface area (Å²) in [6, 6.07) is 11.6. The van der Waals surface area contributed by atoms with Crippen LogP contribution in [0.15, 0.2) is 41.2 Å². The Kier molecular flexibility index (Phi) is 5.92. The molecule has 1 aromatic carbocycles. The third-order valence-electron chi connectivity index (χ3n) is 5.10. The maximum absolute atomic E-state index is 13.0. The Balaban J connectivity index is 1.53. The summed E-state index contributed by atoms with van der Waals surface area (Å²) in [6.07, 6.45) is 2.32. The lowest BCUT2D eigenvalue weighted by molar-refractivity contribution is -0.121. The van der Waals surface area contributed by atoms with Crippen molar-refractivity contribution in [1.82, 2.24) is 19.5 Å². The molecule has 1 N–H and O–H groups in total. The zero-order valence-corrected chi connectivity index (χ0v) is 18.5. The smallest absolute Gasteiger partial charge is 0.291 e. The molecular weight excluding hydrogens is 420 g/mol. The van der Waals surface area contributed by atoms with Gasteiger partial charge in [0.25, 0.3) is 5.56 Å². The highest BCUT2D eigenvalue weighted by Crippen LogP contribution is 2.29. The standard InChI is InChI=1S/C22H23ClN4O2S/c1-3-16-11-17-19(30-16)12-18-22(29)26(25-20(4-2)27(17)18)13-21(28)24-10-9-14-5-7-15(23)8-6-14/h5-8,11-12H,3-4,9-10,13H2,1-2H3,(H,24,28). The number of aromatic nitrogens is 3. The number of fused-ring (bicyclic) bond motifs is 3. The van der Waals surface area contributed by atoms with Crippen LogP contribution in [0.3, 0.4) is 0 Å². The van der Waals surface area contributed by atoms with E-state index < -0.39 is 0 Å². The van der Waals surface area contributed by atoms with Crippen LogP contribution in [0.1, 0.15) is 30.1 Å². The summed E-state index contributed by atoms with van der Waals surface area (Å²) in [5.74, 6) is 0.542. The van der Waals surface area contributed by atoms with Crippen LogP contribution in [0.5, 0.6) is 0 Å². The predicted octanol–water partition coefficient (Wildman–Crippen LogP) is 3.85. The molecule has 4 aromatic rings. The number of nitrogens with zero attached hydrogens (tertiary/aromatic N) is 3. The number of amides is 1. The van der Waals surface area contributed by atoms with E-state index >= 15 is 0 Å². The molecule has 0 fully saturated rings. The quantitative estimate of drug-likeness (QED) is 0.472. The fourth-order valence-corrected chi connectivity index (χ4v) is 4.69. The minimum absolute atomic E-state index is 0.0952. The molecule has 156 valence electrons. The van der Waals surface area contributed by atoms with Crippen LogP contribution in [-0.4, -0.2) is 26.6 Å². The molecule has 0 spiro atoms.